The molecule has 1 atom stereocenters. The summed E-state index contributed by atoms with van der Waals surface area (Å²) in [6.45, 7) is 6.70. The number of nitrogens with two attached hydrogens (primary N) is 1. The number of nitrogens with zero attached hydrogens (tertiary/aromatic N) is 5. The van der Waals surface area contributed by atoms with Crippen LogP contribution in [0.5, 0.6) is 0 Å². The summed E-state index contributed by atoms with van der Waals surface area (Å²) in [5, 5.41) is 6.13. The molecule has 6 rings (SSSR count). The number of benzene rings is 1. The lowest BCUT2D eigenvalue weighted by atomic mass is 10.0. The molecule has 1 aliphatic heterocycles. The van der Waals surface area contributed by atoms with Crippen molar-refractivity contribution in [1.82, 2.24) is 30.6 Å². The van der Waals surface area contributed by atoms with Gasteiger partial charge in [0.05, 0.1) is 18.8 Å². The first kappa shape index (κ1) is 31.0. The Morgan fingerprint density at radius 1 is 1.00 bits per heavy atom. The van der Waals surface area contributed by atoms with E-state index in [4.69, 9.17) is 28.1 Å². The Bertz CT molecular complexity index is 1960. The number of methoxy groups -OCH3 is 1. The Morgan fingerprint density at radius 3 is 2.49 bits per heavy atom. The highest BCUT2D eigenvalue weighted by Crippen LogP contribution is 2.25. The smallest absolute Gasteiger partial charge is 0.273 e. The third kappa shape index (κ3) is 7.45. The topological polar surface area (TPSA) is 193 Å². The summed E-state index contributed by atoms with van der Waals surface area (Å²) in [6.07, 6.45) is 12.6. The lowest BCUT2D eigenvalue weighted by Gasteiger charge is -2.15. The fraction of sp³-hybridized carbons (Fsp3) is 0.212. The van der Waals surface area contributed by atoms with Crippen molar-refractivity contribution in [3.8, 4) is 23.2 Å². The maximum atomic E-state index is 13.4. The number of carbonyl (C=O) groups is 1. The van der Waals surface area contributed by atoms with Crippen LogP contribution in [0.1, 0.15) is 51.6 Å². The van der Waals surface area contributed by atoms with Gasteiger partial charge in [0.2, 0.25) is 23.6 Å². The molecule has 240 valence electrons. The van der Waals surface area contributed by atoms with Gasteiger partial charge in [0.25, 0.3) is 5.91 Å². The Kier molecular flexibility index (Phi) is 9.20. The van der Waals surface area contributed by atoms with Gasteiger partial charge in [-0.1, -0.05) is 48.6 Å². The second kappa shape index (κ2) is 14.0. The van der Waals surface area contributed by atoms with Crippen LogP contribution in [-0.2, 0) is 11.2 Å². The molecular weight excluding hydrogens is 604 g/mol. The second-order valence-corrected chi connectivity index (χ2v) is 10.7. The Morgan fingerprint density at radius 2 is 1.74 bits per heavy atom. The number of rotatable bonds is 13. The molecule has 0 bridgehead atoms. The zero-order valence-electron chi connectivity index (χ0n) is 25.7. The van der Waals surface area contributed by atoms with Crippen LogP contribution in [0.25, 0.3) is 28.9 Å². The zero-order chi connectivity index (χ0) is 32.8. The van der Waals surface area contributed by atoms with Crippen LogP contribution in [0, 0.1) is 6.92 Å². The van der Waals surface area contributed by atoms with Crippen LogP contribution in [0.15, 0.2) is 102 Å². The molecule has 0 fully saturated rings. The van der Waals surface area contributed by atoms with Crippen LogP contribution >= 0.6 is 0 Å². The second-order valence-electron chi connectivity index (χ2n) is 10.7. The number of aliphatic imine (C=N–C) groups is 1. The van der Waals surface area contributed by atoms with Crippen molar-refractivity contribution in [3.05, 3.63) is 114 Å². The molecule has 47 heavy (non-hydrogen) atoms. The molecule has 0 radical (unpaired) electrons. The number of hydrogen-bond acceptors (Lipinski definition) is 13. The molecule has 14 heteroatoms. The maximum Gasteiger partial charge on any atom is 0.273 e. The number of allylic oxidation sites excluding steroid dienone is 1. The Balaban J connectivity index is 1.17. The van der Waals surface area contributed by atoms with Crippen molar-refractivity contribution >= 4 is 17.4 Å². The normalized spacial score (nSPS) is 13.7. The fourth-order valence-electron chi connectivity index (χ4n) is 4.57. The van der Waals surface area contributed by atoms with E-state index < -0.39 is 11.9 Å². The zero-order valence-corrected chi connectivity index (χ0v) is 25.7. The SMILES string of the molecule is C=C(N)c1nc(-c2nc(C(=O)NC(Cc3ccc(C)cc3)c3nc(-c4nc(C5=NCC(C/C=C/COC)=CN5)co4)co3)co2)co1. The third-order valence-electron chi connectivity index (χ3n) is 7.05. The molecule has 5 heterocycles. The Labute approximate surface area is 269 Å². The first-order valence-electron chi connectivity index (χ1n) is 14.6. The number of oxazole rings is 4. The van der Waals surface area contributed by atoms with Crippen LogP contribution in [0.4, 0.5) is 0 Å². The first-order chi connectivity index (χ1) is 22.9. The van der Waals surface area contributed by atoms with Gasteiger partial charge in [0, 0.05) is 19.7 Å². The van der Waals surface area contributed by atoms with Gasteiger partial charge < -0.3 is 38.8 Å². The molecule has 0 aliphatic carbocycles. The van der Waals surface area contributed by atoms with E-state index in [0.717, 1.165) is 23.1 Å². The van der Waals surface area contributed by atoms with Gasteiger partial charge in [-0.15, -0.1) is 0 Å². The summed E-state index contributed by atoms with van der Waals surface area (Å²) in [5.74, 6) is 0.788. The number of aromatic nitrogens is 4. The molecule has 4 aromatic heterocycles. The van der Waals surface area contributed by atoms with E-state index in [9.17, 15) is 4.79 Å². The molecule has 14 nitrogen and oxygen atoms in total. The molecule has 4 N–H and O–H groups in total. The van der Waals surface area contributed by atoms with Crippen LogP contribution in [0.3, 0.4) is 0 Å². The molecular formula is C33H32N8O6. The maximum absolute atomic E-state index is 13.4. The summed E-state index contributed by atoms with van der Waals surface area (Å²) < 4.78 is 27.3. The molecule has 0 saturated carbocycles. The van der Waals surface area contributed by atoms with Gasteiger partial charge in [-0.25, -0.2) is 19.9 Å². The van der Waals surface area contributed by atoms with Crippen molar-refractivity contribution in [2.24, 2.45) is 10.7 Å². The lowest BCUT2D eigenvalue weighted by Crippen LogP contribution is -2.30. The molecule has 1 unspecified atom stereocenters. The van der Waals surface area contributed by atoms with Gasteiger partial charge in [-0.2, -0.15) is 0 Å². The van der Waals surface area contributed by atoms with Crippen molar-refractivity contribution in [2.75, 3.05) is 20.3 Å². The van der Waals surface area contributed by atoms with E-state index in [1.165, 1.54) is 25.1 Å². The summed E-state index contributed by atoms with van der Waals surface area (Å²) >= 11 is 0. The minimum Gasteiger partial charge on any atom is -0.446 e. The van der Waals surface area contributed by atoms with E-state index in [-0.39, 0.29) is 40.6 Å². The van der Waals surface area contributed by atoms with Gasteiger partial charge >= 0.3 is 0 Å². The number of hydrogen-bond donors (Lipinski definition) is 3. The predicted octanol–water partition coefficient (Wildman–Crippen LogP) is 4.75. The molecule has 1 aliphatic rings. The van der Waals surface area contributed by atoms with Crippen LogP contribution < -0.4 is 16.4 Å². The molecule has 5 aromatic rings. The summed E-state index contributed by atoms with van der Waals surface area (Å²) in [6, 6.07) is 7.28. The lowest BCUT2D eigenvalue weighted by molar-refractivity contribution is 0.0925. The molecule has 1 amide bonds. The Hall–Kier alpha value is -6.02. The first-order valence-corrected chi connectivity index (χ1v) is 14.6. The number of amidine groups is 1. The van der Waals surface area contributed by atoms with Crippen molar-refractivity contribution in [3.63, 3.8) is 0 Å². The number of ether oxygens (including phenoxy) is 1. The van der Waals surface area contributed by atoms with Crippen LogP contribution in [-0.4, -0.2) is 51.9 Å². The highest BCUT2D eigenvalue weighted by Gasteiger charge is 2.26. The van der Waals surface area contributed by atoms with Crippen molar-refractivity contribution in [1.29, 1.82) is 0 Å². The monoisotopic (exact) mass is 636 g/mol. The summed E-state index contributed by atoms with van der Waals surface area (Å²) in [7, 11) is 1.66. The highest BCUT2D eigenvalue weighted by molar-refractivity contribution is 5.98. The van der Waals surface area contributed by atoms with E-state index in [0.29, 0.717) is 36.8 Å². The average molecular weight is 637 g/mol. The quantitative estimate of drug-likeness (QED) is 0.150. The average Bonchev–Trinajstić information content (AvgIpc) is 3.90. The van der Waals surface area contributed by atoms with E-state index >= 15 is 0 Å². The summed E-state index contributed by atoms with van der Waals surface area (Å²) in [5.41, 5.74) is 10.2. The molecule has 0 saturated heterocycles. The molecule has 0 spiro atoms. The standard InChI is InChI=1S/C33H32N8O6/c1-19-7-9-21(10-8-19)12-23(37-29(42)25-16-46-33(39-25)26-17-44-30(40-26)20(2)34)31-41-27(18-47-31)32-38-24(15-45-32)28-35-13-22(14-36-28)6-4-5-11-43-3/h4-5,7-10,13,15-18,23H,2,6,11-12,14,34H2,1,3H3,(H,35,36)(H,37,42)/b5-4+. The largest absolute Gasteiger partial charge is 0.446 e. The van der Waals surface area contributed by atoms with Crippen LogP contribution in [0.2, 0.25) is 0 Å². The van der Waals surface area contributed by atoms with E-state index in [1.54, 1.807) is 7.11 Å². The fourth-order valence-corrected chi connectivity index (χ4v) is 4.57. The third-order valence-corrected chi connectivity index (χ3v) is 7.05. The number of carbonyl (C=O) groups excluding carboxylic acids is 1. The van der Waals surface area contributed by atoms with E-state index in [2.05, 4.69) is 42.1 Å². The van der Waals surface area contributed by atoms with Crippen molar-refractivity contribution in [2.45, 2.75) is 25.8 Å². The van der Waals surface area contributed by atoms with Gasteiger partial charge in [-0.05, 0) is 24.5 Å². The minimum atomic E-state index is -0.668. The number of amides is 1. The molecule has 1 aromatic carbocycles. The van der Waals surface area contributed by atoms with Gasteiger partial charge in [0.1, 0.15) is 36.8 Å². The van der Waals surface area contributed by atoms with E-state index in [1.807, 2.05) is 49.5 Å². The predicted molar refractivity (Wildman–Crippen MR) is 171 cm³/mol. The van der Waals surface area contributed by atoms with Crippen molar-refractivity contribution < 1.29 is 27.2 Å². The minimum absolute atomic E-state index is 0.0260. The summed E-state index contributed by atoms with van der Waals surface area (Å²) in [4.78, 5) is 35.6. The number of aryl methyl sites for hydroxylation is 1. The number of nitrogens with one attached hydrogen (secondary N) is 2. The van der Waals surface area contributed by atoms with Gasteiger partial charge in [0.15, 0.2) is 22.9 Å². The van der Waals surface area contributed by atoms with Gasteiger partial charge in [-0.3, -0.25) is 9.79 Å². The highest BCUT2D eigenvalue weighted by atomic mass is 16.5.